The molecule has 0 bridgehead atoms. The van der Waals surface area contributed by atoms with Crippen LogP contribution in [0.25, 0.3) is 0 Å². The molecule has 0 saturated carbocycles. The van der Waals surface area contributed by atoms with Crippen molar-refractivity contribution in [2.45, 2.75) is 44.4 Å². The number of hydrogen-bond acceptors (Lipinski definition) is 3. The van der Waals surface area contributed by atoms with Gasteiger partial charge in [-0.2, -0.15) is 0 Å². The Kier molecular flexibility index (Phi) is 3.74. The minimum absolute atomic E-state index is 0.232. The van der Waals surface area contributed by atoms with Gasteiger partial charge in [-0.3, -0.25) is 4.79 Å². The number of carbonyl (C=O) groups is 1. The summed E-state index contributed by atoms with van der Waals surface area (Å²) < 4.78 is 0. The fraction of sp³-hybridized carbons (Fsp3) is 0.529. The second kappa shape index (κ2) is 5.88. The zero-order chi connectivity index (χ0) is 14.9. The summed E-state index contributed by atoms with van der Waals surface area (Å²) >= 11 is 1.78. The van der Waals surface area contributed by atoms with Crippen LogP contribution in [0.3, 0.4) is 0 Å². The number of nitrogens with one attached hydrogen (secondary N) is 1. The van der Waals surface area contributed by atoms with Gasteiger partial charge in [-0.1, -0.05) is 0 Å². The summed E-state index contributed by atoms with van der Waals surface area (Å²) in [6.45, 7) is 1.66. The van der Waals surface area contributed by atoms with E-state index in [1.807, 2.05) is 11.1 Å². The number of imidazole rings is 1. The van der Waals surface area contributed by atoms with Gasteiger partial charge in [0, 0.05) is 41.7 Å². The summed E-state index contributed by atoms with van der Waals surface area (Å²) in [6.07, 6.45) is 10.6. The largest absolute Gasteiger partial charge is 0.348 e. The maximum atomic E-state index is 12.9. The predicted octanol–water partition coefficient (Wildman–Crippen LogP) is 3.37. The molecular weight excluding hydrogens is 294 g/mol. The van der Waals surface area contributed by atoms with E-state index in [2.05, 4.69) is 15.3 Å². The van der Waals surface area contributed by atoms with Gasteiger partial charge in [-0.05, 0) is 44.1 Å². The maximum Gasteiger partial charge on any atom is 0.255 e. The van der Waals surface area contributed by atoms with Crippen LogP contribution in [-0.4, -0.2) is 33.9 Å². The number of piperidine rings is 1. The molecule has 1 fully saturated rings. The molecule has 0 spiro atoms. The zero-order valence-corrected chi connectivity index (χ0v) is 13.5. The molecule has 1 aliphatic carbocycles. The van der Waals surface area contributed by atoms with Gasteiger partial charge in [0.1, 0.15) is 5.82 Å². The summed E-state index contributed by atoms with van der Waals surface area (Å²) in [6, 6.07) is 0. The van der Waals surface area contributed by atoms with E-state index in [9.17, 15) is 4.79 Å². The second-order valence-electron chi connectivity index (χ2n) is 6.32. The number of rotatable bonds is 2. The van der Waals surface area contributed by atoms with Crippen LogP contribution >= 0.6 is 11.3 Å². The Morgan fingerprint density at radius 1 is 1.32 bits per heavy atom. The van der Waals surface area contributed by atoms with E-state index in [0.717, 1.165) is 50.2 Å². The first-order chi connectivity index (χ1) is 10.8. The van der Waals surface area contributed by atoms with Crippen LogP contribution in [0.5, 0.6) is 0 Å². The van der Waals surface area contributed by atoms with Crippen molar-refractivity contribution < 1.29 is 4.79 Å². The van der Waals surface area contributed by atoms with Crippen molar-refractivity contribution in [1.82, 2.24) is 14.9 Å². The monoisotopic (exact) mass is 315 g/mol. The van der Waals surface area contributed by atoms with Gasteiger partial charge in [-0.25, -0.2) is 4.98 Å². The summed E-state index contributed by atoms with van der Waals surface area (Å²) in [5.74, 6) is 1.60. The molecule has 4 rings (SSSR count). The van der Waals surface area contributed by atoms with Crippen molar-refractivity contribution in [3.63, 3.8) is 0 Å². The predicted molar refractivity (Wildman–Crippen MR) is 87.4 cm³/mol. The number of H-pyrrole nitrogens is 1. The lowest BCUT2D eigenvalue weighted by Gasteiger charge is -2.32. The van der Waals surface area contributed by atoms with Gasteiger partial charge >= 0.3 is 0 Å². The van der Waals surface area contributed by atoms with E-state index in [1.54, 1.807) is 17.5 Å². The van der Waals surface area contributed by atoms with Crippen LogP contribution < -0.4 is 0 Å². The van der Waals surface area contributed by atoms with E-state index >= 15 is 0 Å². The van der Waals surface area contributed by atoms with Gasteiger partial charge in [0.05, 0.1) is 5.56 Å². The first kappa shape index (κ1) is 14.0. The highest BCUT2D eigenvalue weighted by atomic mass is 32.1. The third-order valence-electron chi connectivity index (χ3n) is 4.91. The number of thiophene rings is 1. The zero-order valence-electron chi connectivity index (χ0n) is 12.7. The molecule has 1 N–H and O–H groups in total. The fourth-order valence-corrected chi connectivity index (χ4v) is 4.85. The Morgan fingerprint density at radius 3 is 3.09 bits per heavy atom. The third-order valence-corrected chi connectivity index (χ3v) is 6.00. The van der Waals surface area contributed by atoms with Crippen molar-refractivity contribution in [2.75, 3.05) is 13.1 Å². The van der Waals surface area contributed by atoms with Crippen molar-refractivity contribution >= 4 is 17.2 Å². The van der Waals surface area contributed by atoms with Crippen molar-refractivity contribution in [3.8, 4) is 0 Å². The number of aromatic amines is 1. The Bertz CT molecular complexity index is 662. The highest BCUT2D eigenvalue weighted by molar-refractivity contribution is 7.10. The third kappa shape index (κ3) is 2.47. The molecule has 116 valence electrons. The summed E-state index contributed by atoms with van der Waals surface area (Å²) in [5, 5.41) is 2.09. The molecule has 1 saturated heterocycles. The number of nitrogens with zero attached hydrogens (tertiary/aromatic N) is 2. The average molecular weight is 315 g/mol. The second-order valence-corrected chi connectivity index (χ2v) is 7.29. The lowest BCUT2D eigenvalue weighted by molar-refractivity contribution is 0.0704. The molecule has 2 aromatic rings. The standard InChI is InChI=1S/C17H21N3OS/c21-17(14-11-22-15-6-2-1-5-13(14)15)20-9-3-4-12(10-20)16-18-7-8-19-16/h7-8,11-12H,1-6,9-10H2,(H,18,19)/t12-/m0/s1. The molecule has 2 aromatic heterocycles. The van der Waals surface area contributed by atoms with Gasteiger partial charge in [0.15, 0.2) is 0 Å². The highest BCUT2D eigenvalue weighted by Crippen LogP contribution is 2.32. The summed E-state index contributed by atoms with van der Waals surface area (Å²) in [4.78, 5) is 24.0. The number of aromatic nitrogens is 2. The molecule has 3 heterocycles. The van der Waals surface area contributed by atoms with Crippen molar-refractivity contribution in [1.29, 1.82) is 0 Å². The molecule has 0 aromatic carbocycles. The van der Waals surface area contributed by atoms with Gasteiger partial charge < -0.3 is 9.88 Å². The normalized spacial score (nSPS) is 21.6. The van der Waals surface area contributed by atoms with Crippen LogP contribution in [0.1, 0.15) is 58.2 Å². The molecule has 1 atom stereocenters. The number of likely N-dealkylation sites (tertiary alicyclic amines) is 1. The Labute approximate surface area is 134 Å². The molecule has 1 amide bonds. The number of amides is 1. The van der Waals surface area contributed by atoms with Crippen molar-refractivity contribution in [2.24, 2.45) is 0 Å². The van der Waals surface area contributed by atoms with Crippen LogP contribution in [0, 0.1) is 0 Å². The number of hydrogen-bond donors (Lipinski definition) is 1. The Balaban J connectivity index is 1.54. The first-order valence-corrected chi connectivity index (χ1v) is 9.08. The number of fused-ring (bicyclic) bond motifs is 1. The lowest BCUT2D eigenvalue weighted by atomic mass is 9.93. The molecule has 0 unspecified atom stereocenters. The van der Waals surface area contributed by atoms with Crippen LogP contribution in [0.4, 0.5) is 0 Å². The first-order valence-electron chi connectivity index (χ1n) is 8.20. The van der Waals surface area contributed by atoms with E-state index in [1.165, 1.54) is 23.3 Å². The summed E-state index contributed by atoms with van der Waals surface area (Å²) in [5.41, 5.74) is 2.31. The molecule has 2 aliphatic rings. The quantitative estimate of drug-likeness (QED) is 0.923. The molecule has 22 heavy (non-hydrogen) atoms. The molecule has 1 aliphatic heterocycles. The van der Waals surface area contributed by atoms with E-state index in [-0.39, 0.29) is 5.91 Å². The lowest BCUT2D eigenvalue weighted by Crippen LogP contribution is -2.39. The van der Waals surface area contributed by atoms with E-state index < -0.39 is 0 Å². The van der Waals surface area contributed by atoms with Crippen LogP contribution in [0.15, 0.2) is 17.8 Å². The Hall–Kier alpha value is -1.62. The minimum Gasteiger partial charge on any atom is -0.348 e. The summed E-state index contributed by atoms with van der Waals surface area (Å²) in [7, 11) is 0. The van der Waals surface area contributed by atoms with Gasteiger partial charge in [0.2, 0.25) is 0 Å². The highest BCUT2D eigenvalue weighted by Gasteiger charge is 2.29. The van der Waals surface area contributed by atoms with E-state index in [4.69, 9.17) is 0 Å². The molecular formula is C17H21N3OS. The van der Waals surface area contributed by atoms with Gasteiger partial charge in [-0.15, -0.1) is 11.3 Å². The topological polar surface area (TPSA) is 49.0 Å². The smallest absolute Gasteiger partial charge is 0.255 e. The molecule has 0 radical (unpaired) electrons. The van der Waals surface area contributed by atoms with E-state index in [0.29, 0.717) is 5.92 Å². The number of carbonyl (C=O) groups excluding carboxylic acids is 1. The SMILES string of the molecule is O=C(c1csc2c1CCCC2)N1CCC[C@H](c2ncc[nH]2)C1. The maximum absolute atomic E-state index is 12.9. The Morgan fingerprint density at radius 2 is 2.23 bits per heavy atom. The fourth-order valence-electron chi connectivity index (χ4n) is 3.73. The molecule has 5 heteroatoms. The minimum atomic E-state index is 0.232. The van der Waals surface area contributed by atoms with Crippen LogP contribution in [0.2, 0.25) is 0 Å². The molecule has 4 nitrogen and oxygen atoms in total. The average Bonchev–Trinajstić information content (AvgIpc) is 3.24. The van der Waals surface area contributed by atoms with Crippen molar-refractivity contribution in [3.05, 3.63) is 39.6 Å². The van der Waals surface area contributed by atoms with Gasteiger partial charge in [0.25, 0.3) is 5.91 Å². The van der Waals surface area contributed by atoms with Crippen LogP contribution in [-0.2, 0) is 12.8 Å². The number of aryl methyl sites for hydroxylation is 1.